The first-order chi connectivity index (χ1) is 11.3. The summed E-state index contributed by atoms with van der Waals surface area (Å²) in [7, 11) is -0.931. The van der Waals surface area contributed by atoms with Crippen molar-refractivity contribution in [3.05, 3.63) is 59.7 Å². The summed E-state index contributed by atoms with van der Waals surface area (Å²) in [6.45, 7) is 4.69. The van der Waals surface area contributed by atoms with E-state index in [-0.39, 0.29) is 0 Å². The van der Waals surface area contributed by atoms with Crippen molar-refractivity contribution in [2.75, 3.05) is 12.3 Å². The summed E-state index contributed by atoms with van der Waals surface area (Å²) in [5.41, 5.74) is 6.21. The van der Waals surface area contributed by atoms with Crippen LogP contribution in [0.5, 0.6) is 0 Å². The minimum Gasteiger partial charge on any atom is -0.0652 e. The molecule has 0 aliphatic carbocycles. The van der Waals surface area contributed by atoms with Gasteiger partial charge in [0.05, 0.1) is 24.6 Å². The highest BCUT2D eigenvalue weighted by atomic mass is 31.2. The summed E-state index contributed by atoms with van der Waals surface area (Å²) in [5, 5.41) is 0. The van der Waals surface area contributed by atoms with E-state index in [2.05, 4.69) is 62.4 Å². The quantitative estimate of drug-likeness (QED) is 0.502. The molecule has 0 spiro atoms. The molecule has 3 rings (SSSR count). The fraction of sp³-hybridized carbons (Fsp3) is 0.455. The van der Waals surface area contributed by atoms with Gasteiger partial charge in [-0.25, -0.2) is 0 Å². The van der Waals surface area contributed by atoms with Crippen LogP contribution in [0.4, 0.5) is 0 Å². The number of unbranched alkanes of at least 4 members (excludes halogenated alkanes) is 2. The lowest BCUT2D eigenvalue weighted by Gasteiger charge is -2.27. The lowest BCUT2D eigenvalue weighted by molar-refractivity contribution is 0.853. The van der Waals surface area contributed by atoms with Crippen molar-refractivity contribution < 1.29 is 0 Å². The fourth-order valence-electron chi connectivity index (χ4n) is 4.04. The average molecular weight is 325 g/mol. The van der Waals surface area contributed by atoms with Crippen LogP contribution in [-0.2, 0) is 12.3 Å². The molecule has 1 aliphatic rings. The second-order valence-electron chi connectivity index (χ2n) is 7.13. The van der Waals surface area contributed by atoms with Gasteiger partial charge in [-0.3, -0.25) is 0 Å². The predicted octanol–water partition coefficient (Wildman–Crippen LogP) is 6.99. The molecule has 0 amide bonds. The van der Waals surface area contributed by atoms with Crippen molar-refractivity contribution in [2.24, 2.45) is 0 Å². The minimum absolute atomic E-state index is 0.931. The van der Waals surface area contributed by atoms with Crippen LogP contribution in [-0.4, -0.2) is 12.3 Å². The molecule has 0 aromatic heterocycles. The summed E-state index contributed by atoms with van der Waals surface area (Å²) >= 11 is 0. The zero-order valence-corrected chi connectivity index (χ0v) is 15.6. The molecule has 0 atom stereocenters. The van der Waals surface area contributed by atoms with Crippen molar-refractivity contribution >= 4 is 7.26 Å². The summed E-state index contributed by atoms with van der Waals surface area (Å²) in [6, 6.07) is 18.4. The number of hydrogen-bond donors (Lipinski definition) is 0. The van der Waals surface area contributed by atoms with E-state index in [1.807, 2.05) is 0 Å². The topological polar surface area (TPSA) is 0 Å². The maximum Gasteiger partial charge on any atom is 0.0852 e. The van der Waals surface area contributed by atoms with E-state index >= 15 is 0 Å². The number of fused-ring (bicyclic) bond motifs is 3. The Bertz CT molecular complexity index is 586. The van der Waals surface area contributed by atoms with Gasteiger partial charge in [-0.1, -0.05) is 75.2 Å². The third-order valence-electron chi connectivity index (χ3n) is 5.31. The molecule has 0 radical (unpaired) electrons. The summed E-state index contributed by atoms with van der Waals surface area (Å²) < 4.78 is 0. The van der Waals surface area contributed by atoms with Crippen LogP contribution < -0.4 is 0 Å². The SMILES string of the molecule is CCCC[P+]1(CCCC)Cc2ccccc2-c2ccccc2C1. The molecule has 2 aromatic rings. The molecule has 0 saturated heterocycles. The Labute approximate surface area is 142 Å². The lowest BCUT2D eigenvalue weighted by atomic mass is 9.97. The smallest absolute Gasteiger partial charge is 0.0652 e. The fourth-order valence-corrected chi connectivity index (χ4v) is 8.97. The first-order valence-electron chi connectivity index (χ1n) is 9.29. The van der Waals surface area contributed by atoms with E-state index < -0.39 is 7.26 Å². The molecule has 1 heteroatoms. The van der Waals surface area contributed by atoms with Gasteiger partial charge in [-0.15, -0.1) is 0 Å². The van der Waals surface area contributed by atoms with Gasteiger partial charge in [0, 0.05) is 7.26 Å². The lowest BCUT2D eigenvalue weighted by Crippen LogP contribution is -2.09. The van der Waals surface area contributed by atoms with Crippen molar-refractivity contribution in [3.63, 3.8) is 0 Å². The van der Waals surface area contributed by atoms with Crippen molar-refractivity contribution in [2.45, 2.75) is 51.9 Å². The second-order valence-corrected chi connectivity index (χ2v) is 11.3. The van der Waals surface area contributed by atoms with Gasteiger partial charge < -0.3 is 0 Å². The molecule has 2 aromatic carbocycles. The van der Waals surface area contributed by atoms with E-state index in [4.69, 9.17) is 0 Å². The van der Waals surface area contributed by atoms with Crippen LogP contribution in [0.1, 0.15) is 50.7 Å². The first kappa shape index (κ1) is 16.7. The predicted molar refractivity (Wildman–Crippen MR) is 106 cm³/mol. The standard InChI is InChI=1S/C22H30P/c1-3-5-15-23(16-6-4-2)17-19-11-7-9-13-21(19)22-14-10-8-12-20(22)18-23/h7-14H,3-6,15-18H2,1-2H3/q+1. The molecule has 122 valence electrons. The highest BCUT2D eigenvalue weighted by molar-refractivity contribution is 7.74. The van der Waals surface area contributed by atoms with Gasteiger partial charge in [0.2, 0.25) is 0 Å². The molecular formula is C22H30P+. The zero-order valence-electron chi connectivity index (χ0n) is 14.7. The van der Waals surface area contributed by atoms with E-state index in [1.165, 1.54) is 61.5 Å². The van der Waals surface area contributed by atoms with Crippen molar-refractivity contribution in [1.29, 1.82) is 0 Å². The summed E-state index contributed by atoms with van der Waals surface area (Å²) in [6.07, 6.45) is 11.1. The maximum atomic E-state index is 2.39. The highest BCUT2D eigenvalue weighted by Gasteiger charge is 2.39. The zero-order chi connectivity index (χ0) is 16.1. The highest BCUT2D eigenvalue weighted by Crippen LogP contribution is 2.67. The second kappa shape index (κ2) is 7.63. The van der Waals surface area contributed by atoms with E-state index in [1.54, 1.807) is 11.1 Å². The Hall–Kier alpha value is -1.13. The molecular weight excluding hydrogens is 295 g/mol. The van der Waals surface area contributed by atoms with E-state index in [9.17, 15) is 0 Å². The van der Waals surface area contributed by atoms with Crippen LogP contribution in [0.2, 0.25) is 0 Å². The molecule has 1 heterocycles. The van der Waals surface area contributed by atoms with Crippen LogP contribution in [0.25, 0.3) is 11.1 Å². The number of hydrogen-bond acceptors (Lipinski definition) is 0. The summed E-state index contributed by atoms with van der Waals surface area (Å²) in [5.74, 6) is 0. The molecule has 23 heavy (non-hydrogen) atoms. The molecule has 0 unspecified atom stereocenters. The Kier molecular flexibility index (Phi) is 5.54. The first-order valence-corrected chi connectivity index (χ1v) is 11.8. The van der Waals surface area contributed by atoms with Crippen LogP contribution in [0.15, 0.2) is 48.5 Å². The molecule has 0 fully saturated rings. The normalized spacial score (nSPS) is 15.6. The van der Waals surface area contributed by atoms with Crippen LogP contribution in [0, 0.1) is 0 Å². The minimum atomic E-state index is -0.931. The molecule has 0 nitrogen and oxygen atoms in total. The van der Waals surface area contributed by atoms with Crippen LogP contribution >= 0.6 is 7.26 Å². The van der Waals surface area contributed by atoms with Gasteiger partial charge >= 0.3 is 0 Å². The molecule has 1 aliphatic heterocycles. The third-order valence-corrected chi connectivity index (χ3v) is 9.86. The van der Waals surface area contributed by atoms with E-state index in [0.717, 1.165) is 0 Å². The average Bonchev–Trinajstić information content (AvgIpc) is 2.73. The van der Waals surface area contributed by atoms with Crippen molar-refractivity contribution in [1.82, 2.24) is 0 Å². The molecule has 0 saturated carbocycles. The largest absolute Gasteiger partial charge is 0.0852 e. The number of benzene rings is 2. The Morgan fingerprint density at radius 1 is 0.696 bits per heavy atom. The Balaban J connectivity index is 2.07. The maximum absolute atomic E-state index is 2.39. The van der Waals surface area contributed by atoms with Gasteiger partial charge in [-0.05, 0) is 35.1 Å². The van der Waals surface area contributed by atoms with Crippen LogP contribution in [0.3, 0.4) is 0 Å². The van der Waals surface area contributed by atoms with E-state index in [0.29, 0.717) is 0 Å². The Morgan fingerprint density at radius 2 is 1.13 bits per heavy atom. The molecule has 0 N–H and O–H groups in total. The monoisotopic (exact) mass is 325 g/mol. The summed E-state index contributed by atoms with van der Waals surface area (Å²) in [4.78, 5) is 0. The van der Waals surface area contributed by atoms with Gasteiger partial charge in [0.1, 0.15) is 0 Å². The Morgan fingerprint density at radius 3 is 1.57 bits per heavy atom. The number of rotatable bonds is 6. The van der Waals surface area contributed by atoms with Crippen molar-refractivity contribution in [3.8, 4) is 11.1 Å². The third kappa shape index (κ3) is 3.69. The van der Waals surface area contributed by atoms with Gasteiger partial charge in [0.25, 0.3) is 0 Å². The van der Waals surface area contributed by atoms with Gasteiger partial charge in [0.15, 0.2) is 0 Å². The van der Waals surface area contributed by atoms with Gasteiger partial charge in [-0.2, -0.15) is 0 Å². The molecule has 0 bridgehead atoms.